The Bertz CT molecular complexity index is 746. The maximum Gasteiger partial charge on any atom is 0.263 e. The van der Waals surface area contributed by atoms with E-state index in [9.17, 15) is 9.18 Å². The summed E-state index contributed by atoms with van der Waals surface area (Å²) in [6.07, 6.45) is 0.0645. The van der Waals surface area contributed by atoms with Crippen LogP contribution < -0.4 is 9.64 Å². The maximum atomic E-state index is 13.1. The number of nitrogens with zero attached hydrogens (tertiary/aromatic N) is 2. The molecule has 2 aromatic rings. The second-order valence-corrected chi connectivity index (χ2v) is 6.70. The lowest BCUT2D eigenvalue weighted by Gasteiger charge is -2.37. The summed E-state index contributed by atoms with van der Waals surface area (Å²) in [5, 5.41) is 0.581. The van der Waals surface area contributed by atoms with Crippen LogP contribution >= 0.6 is 11.6 Å². The number of carbonyl (C=O) groups excluding carboxylic acids is 1. The predicted octanol–water partition coefficient (Wildman–Crippen LogP) is 3.99. The fourth-order valence-corrected chi connectivity index (χ4v) is 3.23. The number of hydrogen-bond donors (Lipinski definition) is 0. The summed E-state index contributed by atoms with van der Waals surface area (Å²) in [5.41, 5.74) is 0.973. The van der Waals surface area contributed by atoms with E-state index in [2.05, 4.69) is 4.90 Å². The lowest BCUT2D eigenvalue weighted by Crippen LogP contribution is -2.52. The summed E-state index contributed by atoms with van der Waals surface area (Å²) in [6.45, 7) is 4.59. The average Bonchev–Trinajstić information content (AvgIpc) is 2.66. The van der Waals surface area contributed by atoms with Crippen molar-refractivity contribution in [1.29, 1.82) is 0 Å². The second-order valence-electron chi connectivity index (χ2n) is 6.26. The monoisotopic (exact) mass is 376 g/mol. The van der Waals surface area contributed by atoms with E-state index < -0.39 is 6.10 Å². The Kier molecular flexibility index (Phi) is 5.99. The molecule has 1 saturated heterocycles. The number of amides is 1. The Labute approximate surface area is 158 Å². The lowest BCUT2D eigenvalue weighted by molar-refractivity contribution is -0.139. The molecule has 1 fully saturated rings. The third kappa shape index (κ3) is 4.47. The van der Waals surface area contributed by atoms with Gasteiger partial charge in [0.05, 0.1) is 0 Å². The Morgan fingerprint density at radius 2 is 1.85 bits per heavy atom. The van der Waals surface area contributed by atoms with Gasteiger partial charge in [0.25, 0.3) is 5.91 Å². The van der Waals surface area contributed by atoms with Crippen molar-refractivity contribution in [2.24, 2.45) is 0 Å². The van der Waals surface area contributed by atoms with Gasteiger partial charge < -0.3 is 14.5 Å². The van der Waals surface area contributed by atoms with Crippen LogP contribution in [0.1, 0.15) is 13.3 Å². The van der Waals surface area contributed by atoms with Gasteiger partial charge in [-0.1, -0.05) is 24.6 Å². The molecule has 1 unspecified atom stereocenters. The topological polar surface area (TPSA) is 32.8 Å². The van der Waals surface area contributed by atoms with Crippen LogP contribution in [-0.4, -0.2) is 43.1 Å². The Morgan fingerprint density at radius 3 is 2.46 bits per heavy atom. The molecule has 0 bridgehead atoms. The van der Waals surface area contributed by atoms with Crippen molar-refractivity contribution in [3.05, 3.63) is 59.4 Å². The quantitative estimate of drug-likeness (QED) is 0.791. The van der Waals surface area contributed by atoms with E-state index in [0.29, 0.717) is 43.4 Å². The molecule has 3 rings (SSSR count). The molecule has 2 aromatic carbocycles. The summed E-state index contributed by atoms with van der Waals surface area (Å²) in [5.74, 6) is 0.348. The van der Waals surface area contributed by atoms with Crippen LogP contribution in [0.5, 0.6) is 5.75 Å². The first-order chi connectivity index (χ1) is 12.6. The van der Waals surface area contributed by atoms with E-state index in [1.165, 1.54) is 12.1 Å². The predicted molar refractivity (Wildman–Crippen MR) is 101 cm³/mol. The molecule has 0 aromatic heterocycles. The number of anilines is 1. The highest BCUT2D eigenvalue weighted by molar-refractivity contribution is 6.30. The molecule has 0 aliphatic carbocycles. The fourth-order valence-electron chi connectivity index (χ4n) is 3.05. The van der Waals surface area contributed by atoms with Crippen molar-refractivity contribution in [3.63, 3.8) is 0 Å². The summed E-state index contributed by atoms with van der Waals surface area (Å²) in [7, 11) is 0. The molecule has 1 atom stereocenters. The van der Waals surface area contributed by atoms with Crippen LogP contribution in [0, 0.1) is 5.82 Å². The van der Waals surface area contributed by atoms with E-state index in [0.717, 1.165) is 5.69 Å². The molecule has 6 heteroatoms. The van der Waals surface area contributed by atoms with Crippen LogP contribution in [-0.2, 0) is 4.79 Å². The minimum atomic E-state index is -0.522. The van der Waals surface area contributed by atoms with Gasteiger partial charge >= 0.3 is 0 Å². The zero-order chi connectivity index (χ0) is 18.5. The van der Waals surface area contributed by atoms with Crippen molar-refractivity contribution in [3.8, 4) is 5.75 Å². The summed E-state index contributed by atoms with van der Waals surface area (Å²) in [6, 6.07) is 13.5. The normalized spacial score (nSPS) is 15.7. The summed E-state index contributed by atoms with van der Waals surface area (Å²) >= 11 is 5.98. The molecule has 26 heavy (non-hydrogen) atoms. The smallest absolute Gasteiger partial charge is 0.263 e. The Hall–Kier alpha value is -2.27. The molecule has 1 heterocycles. The van der Waals surface area contributed by atoms with Gasteiger partial charge in [-0.05, 0) is 48.9 Å². The lowest BCUT2D eigenvalue weighted by atomic mass is 10.2. The molecule has 4 nitrogen and oxygen atoms in total. The average molecular weight is 377 g/mol. The molecule has 0 spiro atoms. The van der Waals surface area contributed by atoms with E-state index in [1.54, 1.807) is 36.4 Å². The second kappa shape index (κ2) is 8.41. The number of hydrogen-bond acceptors (Lipinski definition) is 3. The van der Waals surface area contributed by atoms with Crippen molar-refractivity contribution in [2.45, 2.75) is 19.4 Å². The SMILES string of the molecule is CCC(Oc1cccc(Cl)c1)C(=O)N1CCN(c2ccc(F)cc2)CC1. The van der Waals surface area contributed by atoms with Gasteiger partial charge in [0.2, 0.25) is 0 Å². The van der Waals surface area contributed by atoms with E-state index >= 15 is 0 Å². The van der Waals surface area contributed by atoms with Gasteiger partial charge in [-0.3, -0.25) is 4.79 Å². The van der Waals surface area contributed by atoms with Crippen molar-refractivity contribution in [2.75, 3.05) is 31.1 Å². The maximum absolute atomic E-state index is 13.1. The molecule has 0 saturated carbocycles. The zero-order valence-corrected chi connectivity index (χ0v) is 15.5. The summed E-state index contributed by atoms with van der Waals surface area (Å²) in [4.78, 5) is 16.8. The molecule has 0 radical (unpaired) electrons. The first-order valence-electron chi connectivity index (χ1n) is 8.78. The Morgan fingerprint density at radius 1 is 1.15 bits per heavy atom. The zero-order valence-electron chi connectivity index (χ0n) is 14.7. The van der Waals surface area contributed by atoms with Gasteiger partial charge in [-0.15, -0.1) is 0 Å². The highest BCUT2D eigenvalue weighted by Gasteiger charge is 2.28. The molecule has 1 amide bonds. The first-order valence-corrected chi connectivity index (χ1v) is 9.16. The van der Waals surface area contributed by atoms with Crippen molar-refractivity contribution in [1.82, 2.24) is 4.90 Å². The van der Waals surface area contributed by atoms with Crippen molar-refractivity contribution >= 4 is 23.2 Å². The number of benzene rings is 2. The van der Waals surface area contributed by atoms with Gasteiger partial charge in [0.1, 0.15) is 11.6 Å². The van der Waals surface area contributed by atoms with Gasteiger partial charge in [-0.25, -0.2) is 4.39 Å². The van der Waals surface area contributed by atoms with Gasteiger partial charge in [-0.2, -0.15) is 0 Å². The highest BCUT2D eigenvalue weighted by atomic mass is 35.5. The Balaban J connectivity index is 1.58. The highest BCUT2D eigenvalue weighted by Crippen LogP contribution is 2.21. The van der Waals surface area contributed by atoms with Crippen LogP contribution in [0.3, 0.4) is 0 Å². The number of piperazine rings is 1. The number of carbonyl (C=O) groups is 1. The van der Waals surface area contributed by atoms with Gasteiger partial charge in [0, 0.05) is 36.9 Å². The van der Waals surface area contributed by atoms with Crippen LogP contribution in [0.15, 0.2) is 48.5 Å². The van der Waals surface area contributed by atoms with Crippen LogP contribution in [0.2, 0.25) is 5.02 Å². The van der Waals surface area contributed by atoms with E-state index in [1.807, 2.05) is 11.8 Å². The first kappa shape index (κ1) is 18.5. The summed E-state index contributed by atoms with van der Waals surface area (Å²) < 4.78 is 18.9. The largest absolute Gasteiger partial charge is 0.481 e. The van der Waals surface area contributed by atoms with Gasteiger partial charge in [0.15, 0.2) is 6.10 Å². The number of halogens is 2. The molecule has 1 aliphatic heterocycles. The third-order valence-electron chi connectivity index (χ3n) is 4.50. The van der Waals surface area contributed by atoms with Crippen LogP contribution in [0.25, 0.3) is 0 Å². The molecule has 138 valence electrons. The van der Waals surface area contributed by atoms with Crippen LogP contribution in [0.4, 0.5) is 10.1 Å². The molecule has 1 aliphatic rings. The molecular formula is C20H22ClFN2O2. The third-order valence-corrected chi connectivity index (χ3v) is 4.74. The minimum Gasteiger partial charge on any atom is -0.481 e. The van der Waals surface area contributed by atoms with E-state index in [4.69, 9.17) is 16.3 Å². The fraction of sp³-hybridized carbons (Fsp3) is 0.350. The standard InChI is InChI=1S/C20H22ClFN2O2/c1-2-19(26-18-5-3-4-15(21)14-18)20(25)24-12-10-23(11-13-24)17-8-6-16(22)7-9-17/h3-9,14,19H,2,10-13H2,1H3. The molecular weight excluding hydrogens is 355 g/mol. The number of rotatable bonds is 5. The molecule has 0 N–H and O–H groups in total. The van der Waals surface area contributed by atoms with Crippen molar-refractivity contribution < 1.29 is 13.9 Å². The number of ether oxygens (including phenoxy) is 1. The van der Waals surface area contributed by atoms with E-state index in [-0.39, 0.29) is 11.7 Å². The minimum absolute atomic E-state index is 0.00812.